The number of hydrogen-bond donors (Lipinski definition) is 3. The molecule has 0 radical (unpaired) electrons. The van der Waals surface area contributed by atoms with Crippen LogP contribution in [0.5, 0.6) is 11.5 Å². The van der Waals surface area contributed by atoms with Gasteiger partial charge >= 0.3 is 5.97 Å². The first-order valence-electron chi connectivity index (χ1n) is 14.4. The second kappa shape index (κ2) is 10.1. The Morgan fingerprint density at radius 3 is 2.63 bits per heavy atom. The van der Waals surface area contributed by atoms with Gasteiger partial charge in [0.25, 0.3) is 5.56 Å². The van der Waals surface area contributed by atoms with Crippen LogP contribution in [0.4, 0.5) is 0 Å². The summed E-state index contributed by atoms with van der Waals surface area (Å²) in [5.74, 6) is 0.490. The Bertz CT molecular complexity index is 1610. The molecule has 1 saturated heterocycles. The van der Waals surface area contributed by atoms with Gasteiger partial charge in [-0.1, -0.05) is 13.3 Å². The van der Waals surface area contributed by atoms with E-state index in [-0.39, 0.29) is 36.5 Å². The van der Waals surface area contributed by atoms with Gasteiger partial charge in [-0.05, 0) is 50.0 Å². The van der Waals surface area contributed by atoms with Gasteiger partial charge in [0.05, 0.1) is 35.1 Å². The summed E-state index contributed by atoms with van der Waals surface area (Å²) >= 11 is 0. The fourth-order valence-corrected chi connectivity index (χ4v) is 6.62. The highest BCUT2D eigenvalue weighted by Crippen LogP contribution is 2.43. The van der Waals surface area contributed by atoms with Gasteiger partial charge in [0, 0.05) is 42.2 Å². The maximum Gasteiger partial charge on any atom is 0.343 e. The normalized spacial score (nSPS) is 21.9. The van der Waals surface area contributed by atoms with E-state index in [2.05, 4.69) is 10.2 Å². The maximum atomic E-state index is 13.7. The Labute approximate surface area is 236 Å². The number of fused-ring (bicyclic) bond motifs is 6. The van der Waals surface area contributed by atoms with Crippen molar-refractivity contribution in [2.75, 3.05) is 33.0 Å². The minimum absolute atomic E-state index is 0.0815. The van der Waals surface area contributed by atoms with Crippen LogP contribution in [0, 0.1) is 0 Å². The first-order chi connectivity index (χ1) is 19.9. The zero-order valence-electron chi connectivity index (χ0n) is 23.1. The molecule has 6 heterocycles. The van der Waals surface area contributed by atoms with E-state index < -0.39 is 17.7 Å². The van der Waals surface area contributed by atoms with E-state index in [0.717, 1.165) is 29.6 Å². The quantitative estimate of drug-likeness (QED) is 0.286. The molecule has 3 N–H and O–H groups in total. The van der Waals surface area contributed by atoms with E-state index in [1.165, 1.54) is 19.3 Å². The first-order valence-corrected chi connectivity index (χ1v) is 14.4. The number of nitrogens with one attached hydrogen (secondary N) is 1. The number of piperidine rings is 1. The number of cyclic esters (lactones) is 1. The molecule has 11 nitrogen and oxygen atoms in total. The van der Waals surface area contributed by atoms with Crippen molar-refractivity contribution in [3.63, 3.8) is 0 Å². The molecule has 11 heteroatoms. The van der Waals surface area contributed by atoms with Crippen LogP contribution in [-0.2, 0) is 34.8 Å². The molecule has 216 valence electrons. The summed E-state index contributed by atoms with van der Waals surface area (Å²) < 4.78 is 18.1. The number of carbonyl (C=O) groups excluding carboxylic acids is 1. The van der Waals surface area contributed by atoms with E-state index in [1.54, 1.807) is 17.6 Å². The van der Waals surface area contributed by atoms with Gasteiger partial charge in [0.1, 0.15) is 6.61 Å². The van der Waals surface area contributed by atoms with E-state index in [9.17, 15) is 19.8 Å². The Morgan fingerprint density at radius 1 is 1.07 bits per heavy atom. The molecule has 4 aliphatic rings. The molecule has 0 bridgehead atoms. The van der Waals surface area contributed by atoms with E-state index in [4.69, 9.17) is 19.2 Å². The second-order valence-corrected chi connectivity index (χ2v) is 11.4. The number of aromatic nitrogens is 2. The molecular formula is C30H34N4O7. The molecule has 4 aliphatic heterocycles. The number of ether oxygens (including phenoxy) is 3. The van der Waals surface area contributed by atoms with Crippen LogP contribution in [0.15, 0.2) is 23.0 Å². The van der Waals surface area contributed by atoms with E-state index in [0.29, 0.717) is 54.6 Å². The van der Waals surface area contributed by atoms with Gasteiger partial charge in [-0.3, -0.25) is 4.79 Å². The zero-order chi connectivity index (χ0) is 28.3. The molecule has 0 saturated carbocycles. The summed E-state index contributed by atoms with van der Waals surface area (Å²) in [6.07, 6.45) is 3.16. The number of aliphatic hydroxyl groups excluding tert-OH is 1. The Morgan fingerprint density at radius 2 is 1.85 bits per heavy atom. The highest BCUT2D eigenvalue weighted by molar-refractivity contribution is 5.91. The Hall–Kier alpha value is -3.51. The lowest BCUT2D eigenvalue weighted by molar-refractivity contribution is -0.172. The molecule has 3 aromatic rings. The minimum Gasteiger partial charge on any atom is -0.458 e. The number of esters is 1. The maximum absolute atomic E-state index is 13.7. The number of carbonyl (C=O) groups is 1. The number of pyridine rings is 2. The van der Waals surface area contributed by atoms with Crippen molar-refractivity contribution in [1.82, 2.24) is 19.8 Å². The van der Waals surface area contributed by atoms with Crippen LogP contribution < -0.4 is 20.3 Å². The van der Waals surface area contributed by atoms with Gasteiger partial charge in [-0.2, -0.15) is 0 Å². The predicted molar refractivity (Wildman–Crippen MR) is 149 cm³/mol. The van der Waals surface area contributed by atoms with Crippen LogP contribution in [0.25, 0.3) is 22.3 Å². The molecule has 0 unspecified atom stereocenters. The highest BCUT2D eigenvalue weighted by atomic mass is 16.7. The molecule has 2 atom stereocenters. The van der Waals surface area contributed by atoms with Gasteiger partial charge in [0.2, 0.25) is 6.79 Å². The van der Waals surface area contributed by atoms with Gasteiger partial charge in [-0.15, -0.1) is 0 Å². The number of likely N-dealkylation sites (tertiary alicyclic amines) is 1. The van der Waals surface area contributed by atoms with Gasteiger partial charge in [0.15, 0.2) is 17.1 Å². The molecule has 1 fully saturated rings. The van der Waals surface area contributed by atoms with Crippen LogP contribution >= 0.6 is 0 Å². The number of nitrogens with zero attached hydrogens (tertiary/aromatic N) is 3. The summed E-state index contributed by atoms with van der Waals surface area (Å²) in [5, 5.41) is 26.3. The average molecular weight is 563 g/mol. The molecule has 2 aromatic heterocycles. The standard InChI is InChI=1S/C30H34N4O7/c1-2-30(38)22-9-24-27-20(14-34(24)28(36)21(22)15-39-29(30)37)19(12-31-11-17(35)13-33-6-4-3-5-7-33)18-8-25-26(41-16-40-25)10-23(18)32-27/h8-10,17,31,35,38H,2-7,11-16H2,1H3/t17-,30-/m0/s1. The van der Waals surface area contributed by atoms with Crippen molar-refractivity contribution in [2.45, 2.75) is 64.0 Å². The zero-order valence-corrected chi connectivity index (χ0v) is 23.1. The first kappa shape index (κ1) is 26.4. The number of aliphatic hydroxyl groups is 2. The lowest BCUT2D eigenvalue weighted by Crippen LogP contribution is -2.44. The third kappa shape index (κ3) is 4.30. The van der Waals surface area contributed by atoms with Gasteiger partial charge < -0.3 is 39.2 Å². The predicted octanol–water partition coefficient (Wildman–Crippen LogP) is 1.74. The van der Waals surface area contributed by atoms with Crippen molar-refractivity contribution in [3.8, 4) is 22.9 Å². The van der Waals surface area contributed by atoms with Crippen molar-refractivity contribution in [2.24, 2.45) is 0 Å². The van der Waals surface area contributed by atoms with Crippen molar-refractivity contribution in [3.05, 3.63) is 50.8 Å². The Balaban J connectivity index is 1.28. The smallest absolute Gasteiger partial charge is 0.343 e. The van der Waals surface area contributed by atoms with Crippen molar-refractivity contribution < 1.29 is 29.2 Å². The summed E-state index contributed by atoms with van der Waals surface area (Å²) in [7, 11) is 0. The molecule has 0 spiro atoms. The van der Waals surface area contributed by atoms with Crippen molar-refractivity contribution in [1.29, 1.82) is 0 Å². The molecule has 0 aliphatic carbocycles. The third-order valence-corrected chi connectivity index (χ3v) is 8.90. The molecular weight excluding hydrogens is 528 g/mol. The fourth-order valence-electron chi connectivity index (χ4n) is 6.62. The summed E-state index contributed by atoms with van der Waals surface area (Å²) in [6.45, 7) is 5.48. The third-order valence-electron chi connectivity index (χ3n) is 8.90. The van der Waals surface area contributed by atoms with Crippen LogP contribution in [0.3, 0.4) is 0 Å². The SMILES string of the molecule is CC[C@@]1(O)C(=O)OCc2c1cc1n(c2=O)Cc2c-1nc1cc3c(cc1c2CNC[C@H](O)CN1CCCCC1)OCO3. The number of β-amino-alcohol motifs (C(OH)–C–C–N with tert-alkyl or cyclic N) is 1. The van der Waals surface area contributed by atoms with Crippen LogP contribution in [0.1, 0.15) is 54.9 Å². The second-order valence-electron chi connectivity index (χ2n) is 11.4. The Kier molecular flexibility index (Phi) is 6.50. The molecule has 41 heavy (non-hydrogen) atoms. The molecule has 1 aromatic carbocycles. The fraction of sp³-hybridized carbons (Fsp3) is 0.500. The number of hydrogen-bond acceptors (Lipinski definition) is 10. The summed E-state index contributed by atoms with van der Waals surface area (Å²) in [5.41, 5.74) is 2.07. The topological polar surface area (TPSA) is 135 Å². The van der Waals surface area contributed by atoms with Crippen LogP contribution in [-0.4, -0.2) is 69.7 Å². The summed E-state index contributed by atoms with van der Waals surface area (Å²) in [4.78, 5) is 33.5. The largest absolute Gasteiger partial charge is 0.458 e. The lowest BCUT2D eigenvalue weighted by Gasteiger charge is -2.31. The van der Waals surface area contributed by atoms with Crippen LogP contribution in [0.2, 0.25) is 0 Å². The monoisotopic (exact) mass is 562 g/mol. The average Bonchev–Trinajstić information content (AvgIpc) is 3.59. The van der Waals surface area contributed by atoms with Gasteiger partial charge in [-0.25, -0.2) is 9.78 Å². The lowest BCUT2D eigenvalue weighted by atomic mass is 9.86. The molecule has 0 amide bonds. The summed E-state index contributed by atoms with van der Waals surface area (Å²) in [6, 6.07) is 5.48. The number of benzene rings is 1. The number of rotatable bonds is 7. The van der Waals surface area contributed by atoms with Crippen molar-refractivity contribution >= 4 is 16.9 Å². The van der Waals surface area contributed by atoms with E-state index >= 15 is 0 Å². The van der Waals surface area contributed by atoms with E-state index in [1.807, 2.05) is 12.1 Å². The molecule has 7 rings (SSSR count). The minimum atomic E-state index is -1.89. The highest BCUT2D eigenvalue weighted by Gasteiger charge is 2.45.